The molecule has 1 saturated heterocycles. The van der Waals surface area contributed by atoms with Gasteiger partial charge in [0.15, 0.2) is 16.2 Å². The van der Waals surface area contributed by atoms with Crippen molar-refractivity contribution in [2.45, 2.75) is 19.4 Å². The molecule has 20 heavy (non-hydrogen) atoms. The highest BCUT2D eigenvalue weighted by Crippen LogP contribution is 2.20. The summed E-state index contributed by atoms with van der Waals surface area (Å²) in [6.07, 6.45) is 1.32. The molecule has 8 nitrogen and oxygen atoms in total. The maximum atomic E-state index is 12.3. The van der Waals surface area contributed by atoms with E-state index in [1.807, 2.05) is 0 Å². The summed E-state index contributed by atoms with van der Waals surface area (Å²) in [5, 5.41) is 8.90. The molecule has 0 aromatic carbocycles. The van der Waals surface area contributed by atoms with E-state index in [0.717, 1.165) is 11.3 Å². The Labute approximate surface area is 115 Å². The van der Waals surface area contributed by atoms with E-state index in [2.05, 4.69) is 4.98 Å². The van der Waals surface area contributed by atoms with E-state index in [4.69, 9.17) is 9.52 Å². The maximum absolute atomic E-state index is 12.3. The van der Waals surface area contributed by atoms with Crippen LogP contribution >= 0.6 is 0 Å². The third kappa shape index (κ3) is 2.98. The number of aliphatic carboxylic acids is 1. The molecule has 1 aliphatic heterocycles. The van der Waals surface area contributed by atoms with Gasteiger partial charge in [0.1, 0.15) is 6.54 Å². The van der Waals surface area contributed by atoms with E-state index in [1.165, 1.54) is 0 Å². The van der Waals surface area contributed by atoms with Crippen LogP contribution in [-0.2, 0) is 14.6 Å². The quantitative estimate of drug-likeness (QED) is 0.811. The monoisotopic (exact) mass is 302 g/mol. The Morgan fingerprint density at radius 2 is 2.25 bits per heavy atom. The summed E-state index contributed by atoms with van der Waals surface area (Å²) in [6.45, 7) is 0.986. The average Bonchev–Trinajstić information content (AvgIpc) is 2.91. The van der Waals surface area contributed by atoms with E-state index in [9.17, 15) is 18.0 Å². The molecule has 0 aliphatic carbocycles. The highest BCUT2D eigenvalue weighted by molar-refractivity contribution is 7.91. The SMILES string of the molecule is Cc1ncoc1C(=O)N(CC(=O)O)C1CCS(=O)(=O)C1. The van der Waals surface area contributed by atoms with Gasteiger partial charge in [-0.2, -0.15) is 0 Å². The van der Waals surface area contributed by atoms with Crippen LogP contribution in [0.2, 0.25) is 0 Å². The molecule has 0 radical (unpaired) electrons. The number of oxazole rings is 1. The molecule has 1 aliphatic rings. The van der Waals surface area contributed by atoms with Crippen molar-refractivity contribution in [3.05, 3.63) is 17.8 Å². The number of nitrogens with zero attached hydrogens (tertiary/aromatic N) is 2. The molecule has 2 heterocycles. The predicted molar refractivity (Wildman–Crippen MR) is 67.0 cm³/mol. The zero-order valence-electron chi connectivity index (χ0n) is 10.8. The lowest BCUT2D eigenvalue weighted by molar-refractivity contribution is -0.138. The van der Waals surface area contributed by atoms with E-state index in [-0.39, 0.29) is 23.7 Å². The number of amides is 1. The summed E-state index contributed by atoms with van der Waals surface area (Å²) < 4.78 is 27.9. The number of carbonyl (C=O) groups is 2. The molecule has 1 aromatic rings. The number of carboxylic acids is 1. The van der Waals surface area contributed by atoms with Crippen molar-refractivity contribution in [3.63, 3.8) is 0 Å². The first kappa shape index (κ1) is 14.5. The molecule has 1 aromatic heterocycles. The normalized spacial score (nSPS) is 20.8. The minimum Gasteiger partial charge on any atom is -0.480 e. The van der Waals surface area contributed by atoms with Gasteiger partial charge >= 0.3 is 5.97 Å². The van der Waals surface area contributed by atoms with Crippen molar-refractivity contribution in [1.82, 2.24) is 9.88 Å². The van der Waals surface area contributed by atoms with Gasteiger partial charge in [-0.25, -0.2) is 13.4 Å². The molecule has 0 bridgehead atoms. The second-order valence-corrected chi connectivity index (χ2v) is 6.88. The molecule has 1 N–H and O–H groups in total. The number of rotatable bonds is 4. The van der Waals surface area contributed by atoms with Crippen molar-refractivity contribution in [2.24, 2.45) is 0 Å². The summed E-state index contributed by atoms with van der Waals surface area (Å²) in [5.74, 6) is -2.18. The highest BCUT2D eigenvalue weighted by atomic mass is 32.2. The van der Waals surface area contributed by atoms with Crippen LogP contribution in [0.15, 0.2) is 10.8 Å². The molecule has 1 amide bonds. The zero-order valence-corrected chi connectivity index (χ0v) is 11.6. The third-order valence-electron chi connectivity index (χ3n) is 3.16. The van der Waals surface area contributed by atoms with Crippen LogP contribution in [0.3, 0.4) is 0 Å². The van der Waals surface area contributed by atoms with Gasteiger partial charge in [-0.3, -0.25) is 9.59 Å². The van der Waals surface area contributed by atoms with Crippen molar-refractivity contribution < 1.29 is 27.5 Å². The van der Waals surface area contributed by atoms with Gasteiger partial charge in [-0.1, -0.05) is 0 Å². The standard InChI is InChI=1S/C11H14N2O6S/c1-7-10(19-6-12-7)11(16)13(4-9(14)15)8-2-3-20(17,18)5-8/h6,8H,2-5H2,1H3,(H,14,15). The van der Waals surface area contributed by atoms with Gasteiger partial charge in [0, 0.05) is 6.04 Å². The lowest BCUT2D eigenvalue weighted by Gasteiger charge is -2.25. The van der Waals surface area contributed by atoms with Gasteiger partial charge in [0.2, 0.25) is 5.76 Å². The minimum atomic E-state index is -3.22. The Kier molecular flexibility index (Phi) is 3.80. The second-order valence-electron chi connectivity index (χ2n) is 4.65. The zero-order chi connectivity index (χ0) is 14.9. The van der Waals surface area contributed by atoms with Gasteiger partial charge in [0.25, 0.3) is 5.91 Å². The second kappa shape index (κ2) is 5.23. The summed E-state index contributed by atoms with van der Waals surface area (Å²) in [5.41, 5.74) is 0.339. The first-order valence-corrected chi connectivity index (χ1v) is 7.75. The molecule has 1 fully saturated rings. The van der Waals surface area contributed by atoms with Crippen molar-refractivity contribution >= 4 is 21.7 Å². The van der Waals surface area contributed by atoms with Crippen LogP contribution in [0.25, 0.3) is 0 Å². The molecule has 9 heteroatoms. The lowest BCUT2D eigenvalue weighted by atomic mass is 10.2. The van der Waals surface area contributed by atoms with Gasteiger partial charge in [-0.15, -0.1) is 0 Å². The van der Waals surface area contributed by atoms with Crippen LogP contribution in [0.4, 0.5) is 0 Å². The number of sulfone groups is 1. The van der Waals surface area contributed by atoms with Gasteiger partial charge in [0.05, 0.1) is 17.2 Å². The van der Waals surface area contributed by atoms with Gasteiger partial charge in [-0.05, 0) is 13.3 Å². The van der Waals surface area contributed by atoms with E-state index >= 15 is 0 Å². The molecule has 1 unspecified atom stereocenters. The maximum Gasteiger partial charge on any atom is 0.323 e. The number of hydrogen-bond donors (Lipinski definition) is 1. The van der Waals surface area contributed by atoms with E-state index in [1.54, 1.807) is 6.92 Å². The Hall–Kier alpha value is -1.90. The Balaban J connectivity index is 2.27. The smallest absolute Gasteiger partial charge is 0.323 e. The molecule has 1 atom stereocenters. The fourth-order valence-corrected chi connectivity index (χ4v) is 3.90. The fourth-order valence-electron chi connectivity index (χ4n) is 2.17. The first-order valence-electron chi connectivity index (χ1n) is 5.93. The van der Waals surface area contributed by atoms with Crippen LogP contribution in [0, 0.1) is 6.92 Å². The van der Waals surface area contributed by atoms with E-state index in [0.29, 0.717) is 5.69 Å². The summed E-state index contributed by atoms with van der Waals surface area (Å²) in [7, 11) is -3.22. The predicted octanol–water partition coefficient (Wildman–Crippen LogP) is -0.303. The number of aromatic nitrogens is 1. The average molecular weight is 302 g/mol. The van der Waals surface area contributed by atoms with Crippen molar-refractivity contribution in [2.75, 3.05) is 18.1 Å². The van der Waals surface area contributed by atoms with Crippen molar-refractivity contribution in [1.29, 1.82) is 0 Å². The lowest BCUT2D eigenvalue weighted by Crippen LogP contribution is -2.44. The molecular weight excluding hydrogens is 288 g/mol. The van der Waals surface area contributed by atoms with Crippen molar-refractivity contribution in [3.8, 4) is 0 Å². The molecule has 2 rings (SSSR count). The minimum absolute atomic E-state index is 0.0452. The molecular formula is C11H14N2O6S. The Morgan fingerprint density at radius 1 is 1.55 bits per heavy atom. The third-order valence-corrected chi connectivity index (χ3v) is 4.91. The van der Waals surface area contributed by atoms with Gasteiger partial charge < -0.3 is 14.4 Å². The number of carboxylic acid groups (broad SMARTS) is 1. The van der Waals surface area contributed by atoms with Crippen LogP contribution < -0.4 is 0 Å². The Bertz CT molecular complexity index is 635. The van der Waals surface area contributed by atoms with Crippen LogP contribution in [0.1, 0.15) is 22.7 Å². The molecule has 0 saturated carbocycles. The number of carbonyl (C=O) groups excluding carboxylic acids is 1. The summed E-state index contributed by atoms with van der Waals surface area (Å²) in [6, 6.07) is -0.645. The van der Waals surface area contributed by atoms with Crippen LogP contribution in [-0.4, -0.2) is 59.4 Å². The summed E-state index contributed by atoms with van der Waals surface area (Å²) in [4.78, 5) is 28.0. The largest absolute Gasteiger partial charge is 0.480 e. The number of aryl methyl sites for hydroxylation is 1. The highest BCUT2D eigenvalue weighted by Gasteiger charge is 2.37. The first-order chi connectivity index (χ1) is 9.30. The topological polar surface area (TPSA) is 118 Å². The fraction of sp³-hybridized carbons (Fsp3) is 0.545. The van der Waals surface area contributed by atoms with Crippen LogP contribution in [0.5, 0.6) is 0 Å². The molecule has 110 valence electrons. The molecule has 0 spiro atoms. The van der Waals surface area contributed by atoms with E-state index < -0.39 is 34.3 Å². The number of hydrogen-bond acceptors (Lipinski definition) is 6. The summed E-state index contributed by atoms with van der Waals surface area (Å²) >= 11 is 0. The Morgan fingerprint density at radius 3 is 2.70 bits per heavy atom.